The molecule has 0 heterocycles. The van der Waals surface area contributed by atoms with Gasteiger partial charge >= 0.3 is 0 Å². The quantitative estimate of drug-likeness (QED) is 0.671. The maximum absolute atomic E-state index is 2.75. The largest absolute Gasteiger partial charge is 0.323 e. The molecule has 0 aliphatic rings. The Labute approximate surface area is 72.0 Å². The first kappa shape index (κ1) is 13.5. The lowest BCUT2D eigenvalue weighted by Crippen LogP contribution is -2.18. The van der Waals surface area contributed by atoms with Gasteiger partial charge in [0, 0.05) is 0 Å². The average molecular weight is 160 g/mol. The topological polar surface area (TPSA) is 15.3 Å². The molecule has 0 saturated heterocycles. The van der Waals surface area contributed by atoms with Gasteiger partial charge < -0.3 is 10.2 Å². The van der Waals surface area contributed by atoms with Crippen LogP contribution in [-0.2, 0) is 0 Å². The molecule has 2 nitrogen and oxygen atoms in total. The van der Waals surface area contributed by atoms with E-state index in [1.54, 1.807) is 0 Å². The molecule has 0 radical (unpaired) electrons. The van der Waals surface area contributed by atoms with Crippen LogP contribution >= 0.6 is 0 Å². The summed E-state index contributed by atoms with van der Waals surface area (Å²) in [5.41, 5.74) is 0. The van der Waals surface area contributed by atoms with E-state index in [9.17, 15) is 0 Å². The Balaban J connectivity index is 0. The molecule has 0 saturated carbocycles. The summed E-state index contributed by atoms with van der Waals surface area (Å²) in [5.74, 6) is 0. The van der Waals surface area contributed by atoms with Crippen molar-refractivity contribution >= 4 is 0 Å². The molecule has 0 amide bonds. The zero-order valence-electron chi connectivity index (χ0n) is 8.78. The molecule has 2 heteroatoms. The molecule has 0 aromatic heterocycles. The Hall–Kier alpha value is -0.0800. The molecule has 0 bridgehead atoms. The minimum atomic E-state index is 1.18. The smallest absolute Gasteiger partial charge is 0.00220 e. The lowest BCUT2D eigenvalue weighted by Gasteiger charge is -2.11. The van der Waals surface area contributed by atoms with Crippen molar-refractivity contribution in [2.75, 3.05) is 34.2 Å². The summed E-state index contributed by atoms with van der Waals surface area (Å²) in [7, 11) is 5.91. The number of unbranched alkanes of at least 4 members (excludes halogenated alkanes) is 1. The van der Waals surface area contributed by atoms with E-state index in [1.807, 2.05) is 14.1 Å². The molecule has 0 spiro atoms. The summed E-state index contributed by atoms with van der Waals surface area (Å²) in [6, 6.07) is 0. The Morgan fingerprint density at radius 1 is 1.18 bits per heavy atom. The van der Waals surface area contributed by atoms with Crippen molar-refractivity contribution < 1.29 is 0 Å². The van der Waals surface area contributed by atoms with Gasteiger partial charge in [-0.15, -0.1) is 0 Å². The van der Waals surface area contributed by atoms with E-state index in [1.165, 1.54) is 25.9 Å². The number of nitrogens with one attached hydrogen (secondary N) is 1. The molecule has 0 aliphatic carbocycles. The summed E-state index contributed by atoms with van der Waals surface area (Å²) in [6.07, 6.45) is 2.65. The van der Waals surface area contributed by atoms with Crippen molar-refractivity contribution in [2.45, 2.75) is 26.7 Å². The zero-order valence-corrected chi connectivity index (χ0v) is 8.78. The third-order valence-electron chi connectivity index (χ3n) is 1.43. The Morgan fingerprint density at radius 3 is 1.91 bits per heavy atom. The van der Waals surface area contributed by atoms with Crippen LogP contribution in [0.3, 0.4) is 0 Å². The van der Waals surface area contributed by atoms with E-state index in [0.29, 0.717) is 0 Å². The molecule has 0 fully saturated rings. The first-order chi connectivity index (χ1) is 5.22. The van der Waals surface area contributed by atoms with Gasteiger partial charge in [-0.1, -0.05) is 20.3 Å². The predicted octanol–water partition coefficient (Wildman–Crippen LogP) is 1.57. The maximum atomic E-state index is 2.75. The molecule has 1 N–H and O–H groups in total. The Morgan fingerprint density at radius 2 is 1.64 bits per heavy atom. The van der Waals surface area contributed by atoms with Crippen LogP contribution in [0, 0.1) is 0 Å². The van der Waals surface area contributed by atoms with E-state index in [4.69, 9.17) is 0 Å². The van der Waals surface area contributed by atoms with Gasteiger partial charge in [-0.3, -0.25) is 0 Å². The lowest BCUT2D eigenvalue weighted by atomic mass is 10.3. The second kappa shape index (κ2) is 12.6. The third-order valence-corrected chi connectivity index (χ3v) is 1.43. The highest BCUT2D eigenvalue weighted by molar-refractivity contribution is 4.44. The fourth-order valence-electron chi connectivity index (χ4n) is 0.586. The van der Waals surface area contributed by atoms with Crippen LogP contribution < -0.4 is 5.32 Å². The van der Waals surface area contributed by atoms with Crippen molar-refractivity contribution in [3.8, 4) is 0 Å². The van der Waals surface area contributed by atoms with Crippen molar-refractivity contribution in [3.05, 3.63) is 0 Å². The normalized spacial score (nSPS) is 9.27. The molecule has 0 unspecified atom stereocenters. The summed E-state index contributed by atoms with van der Waals surface area (Å²) >= 11 is 0. The molecule has 0 aromatic rings. The summed E-state index contributed by atoms with van der Waals surface area (Å²) in [4.78, 5) is 2.34. The number of hydrogen-bond acceptors (Lipinski definition) is 2. The van der Waals surface area contributed by atoms with Crippen molar-refractivity contribution in [1.29, 1.82) is 0 Å². The van der Waals surface area contributed by atoms with Gasteiger partial charge in [-0.2, -0.15) is 0 Å². The minimum Gasteiger partial charge on any atom is -0.323 e. The predicted molar refractivity (Wildman–Crippen MR) is 53.1 cm³/mol. The van der Waals surface area contributed by atoms with Gasteiger partial charge in [0.2, 0.25) is 0 Å². The Bertz CT molecular complexity index is 55.5. The van der Waals surface area contributed by atoms with E-state index < -0.39 is 0 Å². The molecule has 0 atom stereocenters. The van der Waals surface area contributed by atoms with Crippen LogP contribution in [0.5, 0.6) is 0 Å². The highest BCUT2D eigenvalue weighted by Gasteiger charge is 1.89. The van der Waals surface area contributed by atoms with Gasteiger partial charge in [0.25, 0.3) is 0 Å². The van der Waals surface area contributed by atoms with Crippen LogP contribution in [0.4, 0.5) is 0 Å². The second-order valence-corrected chi connectivity index (χ2v) is 2.75. The van der Waals surface area contributed by atoms with E-state index in [0.717, 1.165) is 0 Å². The maximum Gasteiger partial charge on any atom is -0.00220 e. The van der Waals surface area contributed by atoms with E-state index in [-0.39, 0.29) is 0 Å². The van der Waals surface area contributed by atoms with Gasteiger partial charge in [0.05, 0.1) is 0 Å². The Kier molecular flexibility index (Phi) is 15.4. The van der Waals surface area contributed by atoms with Crippen LogP contribution in [-0.4, -0.2) is 39.1 Å². The zero-order chi connectivity index (χ0) is 9.11. The van der Waals surface area contributed by atoms with E-state index >= 15 is 0 Å². The van der Waals surface area contributed by atoms with Crippen molar-refractivity contribution in [1.82, 2.24) is 10.2 Å². The molecular formula is C9H24N2. The first-order valence-corrected chi connectivity index (χ1v) is 4.49. The van der Waals surface area contributed by atoms with Crippen LogP contribution in [0.1, 0.15) is 26.7 Å². The van der Waals surface area contributed by atoms with Gasteiger partial charge in [-0.05, 0) is 40.7 Å². The van der Waals surface area contributed by atoms with Gasteiger partial charge in [0.1, 0.15) is 0 Å². The molecular weight excluding hydrogens is 136 g/mol. The monoisotopic (exact) mass is 160 g/mol. The standard InChI is InChI=1S/C7H17N.C2H7N/c1-4-6-7-8(3)5-2;1-3-2/h4-7H2,1-3H3;3H,1-2H3. The van der Waals surface area contributed by atoms with Crippen molar-refractivity contribution in [2.24, 2.45) is 0 Å². The molecule has 0 aliphatic heterocycles. The van der Waals surface area contributed by atoms with Crippen molar-refractivity contribution in [3.63, 3.8) is 0 Å². The third kappa shape index (κ3) is 17.8. The summed E-state index contributed by atoms with van der Waals surface area (Å²) in [5, 5.41) is 2.75. The first-order valence-electron chi connectivity index (χ1n) is 4.49. The molecule has 0 aromatic carbocycles. The number of rotatable bonds is 4. The fourth-order valence-corrected chi connectivity index (χ4v) is 0.586. The fraction of sp³-hybridized carbons (Fsp3) is 1.00. The van der Waals surface area contributed by atoms with Gasteiger partial charge in [0.15, 0.2) is 0 Å². The number of nitrogens with zero attached hydrogens (tertiary/aromatic N) is 1. The minimum absolute atomic E-state index is 1.18. The van der Waals surface area contributed by atoms with Crippen LogP contribution in [0.15, 0.2) is 0 Å². The van der Waals surface area contributed by atoms with Crippen LogP contribution in [0.2, 0.25) is 0 Å². The van der Waals surface area contributed by atoms with Crippen LogP contribution in [0.25, 0.3) is 0 Å². The SMILES string of the molecule is CCCCN(C)CC.CNC. The molecule has 11 heavy (non-hydrogen) atoms. The summed E-state index contributed by atoms with van der Waals surface area (Å²) in [6.45, 7) is 6.85. The lowest BCUT2D eigenvalue weighted by molar-refractivity contribution is 0.346. The average Bonchev–Trinajstić information content (AvgIpc) is 2.02. The molecule has 70 valence electrons. The molecule has 0 rings (SSSR count). The second-order valence-electron chi connectivity index (χ2n) is 2.75. The highest BCUT2D eigenvalue weighted by Crippen LogP contribution is 1.89. The van der Waals surface area contributed by atoms with Gasteiger partial charge in [-0.25, -0.2) is 0 Å². The summed E-state index contributed by atoms with van der Waals surface area (Å²) < 4.78 is 0. The van der Waals surface area contributed by atoms with E-state index in [2.05, 4.69) is 31.1 Å². The highest BCUT2D eigenvalue weighted by atomic mass is 15.1. The number of hydrogen-bond donors (Lipinski definition) is 1.